The summed E-state index contributed by atoms with van der Waals surface area (Å²) in [7, 11) is 1.62. The van der Waals surface area contributed by atoms with Crippen LogP contribution >= 0.6 is 0 Å². The summed E-state index contributed by atoms with van der Waals surface area (Å²) in [6, 6.07) is 23.6. The lowest BCUT2D eigenvalue weighted by atomic mass is 10.1. The highest BCUT2D eigenvalue weighted by Gasteiger charge is 2.23. The Balaban J connectivity index is 1.41. The van der Waals surface area contributed by atoms with E-state index in [4.69, 9.17) is 14.2 Å². The molecule has 1 fully saturated rings. The maximum absolute atomic E-state index is 13.3. The van der Waals surface area contributed by atoms with Crippen LogP contribution in [0.1, 0.15) is 28.4 Å². The summed E-state index contributed by atoms with van der Waals surface area (Å²) in [5.74, 6) is 2.09. The van der Waals surface area contributed by atoms with Gasteiger partial charge in [-0.1, -0.05) is 42.5 Å². The molecule has 1 heterocycles. The number of rotatable bonds is 9. The van der Waals surface area contributed by atoms with Gasteiger partial charge in [0.05, 0.1) is 13.7 Å². The van der Waals surface area contributed by atoms with Crippen molar-refractivity contribution in [3.8, 4) is 17.2 Å². The summed E-state index contributed by atoms with van der Waals surface area (Å²) in [5, 5.41) is 0. The summed E-state index contributed by atoms with van der Waals surface area (Å²) >= 11 is 0. The molecule has 34 heavy (non-hydrogen) atoms. The van der Waals surface area contributed by atoms with Gasteiger partial charge in [-0.3, -0.25) is 9.69 Å². The zero-order chi connectivity index (χ0) is 23.8. The van der Waals surface area contributed by atoms with E-state index in [2.05, 4.69) is 29.2 Å². The summed E-state index contributed by atoms with van der Waals surface area (Å²) in [5.41, 5.74) is 2.79. The van der Waals surface area contributed by atoms with Crippen LogP contribution in [0.25, 0.3) is 0 Å². The highest BCUT2D eigenvalue weighted by molar-refractivity contribution is 5.94. The van der Waals surface area contributed by atoms with E-state index in [1.165, 1.54) is 5.56 Å². The molecule has 1 aliphatic heterocycles. The van der Waals surface area contributed by atoms with Crippen molar-refractivity contribution >= 4 is 5.91 Å². The number of benzene rings is 3. The number of carbonyl (C=O) groups is 1. The SMILES string of the molecule is CCOc1ccc(C(=O)N2CCN(Cc3ccccc3)CC2)cc1COc1ccccc1OC. The minimum absolute atomic E-state index is 0.0425. The molecule has 0 atom stereocenters. The lowest BCUT2D eigenvalue weighted by molar-refractivity contribution is 0.0628. The number of piperazine rings is 1. The first kappa shape index (κ1) is 23.6. The molecule has 0 spiro atoms. The molecule has 0 unspecified atom stereocenters. The first-order valence-electron chi connectivity index (χ1n) is 11.7. The first-order valence-corrected chi connectivity index (χ1v) is 11.7. The average molecular weight is 461 g/mol. The number of para-hydroxylation sites is 2. The minimum atomic E-state index is 0.0425. The monoisotopic (exact) mass is 460 g/mol. The van der Waals surface area contributed by atoms with Crippen LogP contribution in [0.5, 0.6) is 17.2 Å². The molecule has 0 radical (unpaired) electrons. The molecule has 6 nitrogen and oxygen atoms in total. The van der Waals surface area contributed by atoms with Crippen LogP contribution in [-0.2, 0) is 13.2 Å². The van der Waals surface area contributed by atoms with E-state index in [-0.39, 0.29) is 12.5 Å². The molecule has 0 aliphatic carbocycles. The Hall–Kier alpha value is -3.51. The Kier molecular flexibility index (Phi) is 8.04. The third-order valence-electron chi connectivity index (χ3n) is 5.97. The molecule has 3 aromatic rings. The fourth-order valence-corrected chi connectivity index (χ4v) is 4.15. The first-order chi connectivity index (χ1) is 16.7. The zero-order valence-corrected chi connectivity index (χ0v) is 19.9. The normalized spacial score (nSPS) is 14.0. The van der Waals surface area contributed by atoms with Crippen molar-refractivity contribution in [3.05, 3.63) is 89.5 Å². The molecule has 1 amide bonds. The van der Waals surface area contributed by atoms with Gasteiger partial charge in [-0.25, -0.2) is 0 Å². The van der Waals surface area contributed by atoms with E-state index in [0.717, 1.165) is 30.9 Å². The second kappa shape index (κ2) is 11.6. The Morgan fingerprint density at radius 1 is 0.824 bits per heavy atom. The van der Waals surface area contributed by atoms with Crippen molar-refractivity contribution in [1.29, 1.82) is 0 Å². The van der Waals surface area contributed by atoms with Crippen LogP contribution < -0.4 is 14.2 Å². The van der Waals surface area contributed by atoms with Gasteiger partial charge in [0.15, 0.2) is 11.5 Å². The molecule has 0 N–H and O–H groups in total. The Morgan fingerprint density at radius 3 is 2.24 bits per heavy atom. The quantitative estimate of drug-likeness (QED) is 0.466. The number of hydrogen-bond donors (Lipinski definition) is 0. The largest absolute Gasteiger partial charge is 0.493 e. The average Bonchev–Trinajstić information content (AvgIpc) is 2.89. The summed E-state index contributed by atoms with van der Waals surface area (Å²) < 4.78 is 17.2. The fourth-order valence-electron chi connectivity index (χ4n) is 4.15. The maximum Gasteiger partial charge on any atom is 0.253 e. The Labute approximate surface area is 201 Å². The topological polar surface area (TPSA) is 51.2 Å². The van der Waals surface area contributed by atoms with Gasteiger partial charge in [0.2, 0.25) is 0 Å². The fraction of sp³-hybridized carbons (Fsp3) is 0.321. The number of hydrogen-bond acceptors (Lipinski definition) is 5. The van der Waals surface area contributed by atoms with E-state index < -0.39 is 0 Å². The third-order valence-corrected chi connectivity index (χ3v) is 5.97. The van der Waals surface area contributed by atoms with Crippen LogP contribution in [-0.4, -0.2) is 55.6 Å². The van der Waals surface area contributed by atoms with Crippen molar-refractivity contribution in [1.82, 2.24) is 9.80 Å². The number of methoxy groups -OCH3 is 1. The molecule has 0 bridgehead atoms. The molecular weight excluding hydrogens is 428 g/mol. The Morgan fingerprint density at radius 2 is 1.53 bits per heavy atom. The highest BCUT2D eigenvalue weighted by Crippen LogP contribution is 2.29. The van der Waals surface area contributed by atoms with Crippen LogP contribution in [0.4, 0.5) is 0 Å². The van der Waals surface area contributed by atoms with Gasteiger partial charge >= 0.3 is 0 Å². The standard InChI is InChI=1S/C28H32N2O4/c1-3-33-25-14-13-23(19-24(25)21-34-27-12-8-7-11-26(27)32-2)28(31)30-17-15-29(16-18-30)20-22-9-5-4-6-10-22/h4-14,19H,3,15-18,20-21H2,1-2H3. The van der Waals surface area contributed by atoms with Crippen molar-refractivity contribution in [2.75, 3.05) is 39.9 Å². The number of ether oxygens (including phenoxy) is 3. The lowest BCUT2D eigenvalue weighted by Crippen LogP contribution is -2.48. The Bertz CT molecular complexity index is 1080. The molecule has 1 aliphatic rings. The zero-order valence-electron chi connectivity index (χ0n) is 19.9. The van der Waals surface area contributed by atoms with E-state index in [1.807, 2.05) is 60.4 Å². The minimum Gasteiger partial charge on any atom is -0.493 e. The molecular formula is C28H32N2O4. The van der Waals surface area contributed by atoms with Gasteiger partial charge < -0.3 is 19.1 Å². The number of amides is 1. The molecule has 178 valence electrons. The predicted octanol–water partition coefficient (Wildman–Crippen LogP) is 4.63. The van der Waals surface area contributed by atoms with Gasteiger partial charge in [-0.05, 0) is 42.8 Å². The molecule has 0 aromatic heterocycles. The van der Waals surface area contributed by atoms with E-state index in [0.29, 0.717) is 36.8 Å². The van der Waals surface area contributed by atoms with Crippen molar-refractivity contribution in [2.45, 2.75) is 20.1 Å². The van der Waals surface area contributed by atoms with E-state index in [9.17, 15) is 4.79 Å². The maximum atomic E-state index is 13.3. The highest BCUT2D eigenvalue weighted by atomic mass is 16.5. The van der Waals surface area contributed by atoms with Crippen LogP contribution in [0.15, 0.2) is 72.8 Å². The van der Waals surface area contributed by atoms with Crippen molar-refractivity contribution in [2.24, 2.45) is 0 Å². The third kappa shape index (κ3) is 5.88. The van der Waals surface area contributed by atoms with E-state index in [1.54, 1.807) is 7.11 Å². The summed E-state index contributed by atoms with van der Waals surface area (Å²) in [6.07, 6.45) is 0. The second-order valence-electron chi connectivity index (χ2n) is 8.25. The van der Waals surface area contributed by atoms with Crippen molar-refractivity contribution in [3.63, 3.8) is 0 Å². The predicted molar refractivity (Wildman–Crippen MR) is 133 cm³/mol. The van der Waals surface area contributed by atoms with Crippen LogP contribution in [0, 0.1) is 0 Å². The van der Waals surface area contributed by atoms with Gasteiger partial charge in [-0.15, -0.1) is 0 Å². The molecule has 6 heteroatoms. The molecule has 0 saturated carbocycles. The van der Waals surface area contributed by atoms with Gasteiger partial charge in [0, 0.05) is 43.9 Å². The van der Waals surface area contributed by atoms with Gasteiger partial charge in [0.1, 0.15) is 12.4 Å². The van der Waals surface area contributed by atoms with Gasteiger partial charge in [0.25, 0.3) is 5.91 Å². The summed E-state index contributed by atoms with van der Waals surface area (Å²) in [4.78, 5) is 17.6. The van der Waals surface area contributed by atoms with Crippen LogP contribution in [0.2, 0.25) is 0 Å². The molecule has 1 saturated heterocycles. The summed E-state index contributed by atoms with van der Waals surface area (Å²) in [6.45, 7) is 6.83. The molecule has 3 aromatic carbocycles. The van der Waals surface area contributed by atoms with Crippen molar-refractivity contribution < 1.29 is 19.0 Å². The smallest absolute Gasteiger partial charge is 0.253 e. The lowest BCUT2D eigenvalue weighted by Gasteiger charge is -2.35. The van der Waals surface area contributed by atoms with Gasteiger partial charge in [-0.2, -0.15) is 0 Å². The molecule has 4 rings (SSSR count). The van der Waals surface area contributed by atoms with Crippen LogP contribution in [0.3, 0.4) is 0 Å². The number of carbonyl (C=O) groups excluding carboxylic acids is 1. The second-order valence-corrected chi connectivity index (χ2v) is 8.25. The number of nitrogens with zero attached hydrogens (tertiary/aromatic N) is 2. The van der Waals surface area contributed by atoms with E-state index >= 15 is 0 Å².